The van der Waals surface area contributed by atoms with E-state index in [-0.39, 0.29) is 24.0 Å². The number of alkyl halides is 3. The zero-order chi connectivity index (χ0) is 21.3. The van der Waals surface area contributed by atoms with Gasteiger partial charge in [0.25, 0.3) is 0 Å². The minimum Gasteiger partial charge on any atom is -0.358 e. The van der Waals surface area contributed by atoms with Crippen molar-refractivity contribution in [2.24, 2.45) is 0 Å². The molecule has 0 aromatic heterocycles. The summed E-state index contributed by atoms with van der Waals surface area (Å²) in [6.07, 6.45) is -1.86. The minimum absolute atomic E-state index is 0.00525. The van der Waals surface area contributed by atoms with Crippen LogP contribution in [0.4, 0.5) is 13.2 Å². The molecule has 30 heavy (non-hydrogen) atoms. The third-order valence-electron chi connectivity index (χ3n) is 6.24. The number of hydrogen-bond acceptors (Lipinski definition) is 3. The van der Waals surface area contributed by atoms with Crippen LogP contribution in [0.15, 0.2) is 48.5 Å². The number of fused-ring (bicyclic) bond motifs is 1. The normalized spacial score (nSPS) is 22.3. The lowest BCUT2D eigenvalue weighted by Crippen LogP contribution is -2.47. The number of amides is 1. The van der Waals surface area contributed by atoms with Crippen LogP contribution in [0.1, 0.15) is 28.7 Å². The molecule has 1 aliphatic carbocycles. The summed E-state index contributed by atoms with van der Waals surface area (Å²) >= 11 is 0. The molecule has 4 nitrogen and oxygen atoms in total. The molecule has 160 valence electrons. The van der Waals surface area contributed by atoms with Crippen molar-refractivity contribution in [3.05, 3.63) is 70.8 Å². The SMILES string of the molecule is CNC(=O)[C@@H]1C[C@@H](NCc2cccc(C(F)(F)F)c2)CN1C1Cc2ccccc2C1. The number of nitrogens with zero attached hydrogens (tertiary/aromatic N) is 1. The number of halogens is 3. The second kappa shape index (κ2) is 8.40. The number of nitrogens with one attached hydrogen (secondary N) is 2. The first-order valence-electron chi connectivity index (χ1n) is 10.3. The van der Waals surface area contributed by atoms with Crippen LogP contribution in [0.2, 0.25) is 0 Å². The van der Waals surface area contributed by atoms with Crippen molar-refractivity contribution in [3.8, 4) is 0 Å². The lowest BCUT2D eigenvalue weighted by atomic mass is 10.1. The van der Waals surface area contributed by atoms with Gasteiger partial charge in [0.05, 0.1) is 11.6 Å². The van der Waals surface area contributed by atoms with E-state index < -0.39 is 11.7 Å². The number of likely N-dealkylation sites (N-methyl/N-ethyl adjacent to an activating group) is 1. The summed E-state index contributed by atoms with van der Waals surface area (Å²) in [5.74, 6) is -0.00525. The molecule has 1 fully saturated rings. The monoisotopic (exact) mass is 417 g/mol. The highest BCUT2D eigenvalue weighted by Crippen LogP contribution is 2.32. The van der Waals surface area contributed by atoms with Crippen LogP contribution in [0.25, 0.3) is 0 Å². The number of carbonyl (C=O) groups is 1. The van der Waals surface area contributed by atoms with E-state index in [0.29, 0.717) is 25.1 Å². The van der Waals surface area contributed by atoms with Gasteiger partial charge < -0.3 is 10.6 Å². The highest BCUT2D eigenvalue weighted by Gasteiger charge is 2.41. The molecule has 1 aliphatic heterocycles. The van der Waals surface area contributed by atoms with Crippen LogP contribution in [-0.2, 0) is 30.4 Å². The summed E-state index contributed by atoms with van der Waals surface area (Å²) in [6.45, 7) is 1.05. The number of benzene rings is 2. The first-order valence-corrected chi connectivity index (χ1v) is 10.3. The number of carbonyl (C=O) groups excluding carboxylic acids is 1. The summed E-state index contributed by atoms with van der Waals surface area (Å²) in [7, 11) is 1.65. The van der Waals surface area contributed by atoms with Crippen molar-refractivity contribution in [3.63, 3.8) is 0 Å². The van der Waals surface area contributed by atoms with Gasteiger partial charge in [0.2, 0.25) is 5.91 Å². The Labute approximate surface area is 174 Å². The van der Waals surface area contributed by atoms with Crippen molar-refractivity contribution in [1.29, 1.82) is 0 Å². The minimum atomic E-state index is -4.35. The van der Waals surface area contributed by atoms with Crippen molar-refractivity contribution < 1.29 is 18.0 Å². The topological polar surface area (TPSA) is 44.4 Å². The Morgan fingerprint density at radius 3 is 2.43 bits per heavy atom. The molecule has 0 spiro atoms. The van der Waals surface area contributed by atoms with Crippen molar-refractivity contribution in [2.75, 3.05) is 13.6 Å². The lowest BCUT2D eigenvalue weighted by molar-refractivity contribution is -0.137. The van der Waals surface area contributed by atoms with Crippen molar-refractivity contribution in [2.45, 2.75) is 50.1 Å². The molecule has 0 radical (unpaired) electrons. The van der Waals surface area contributed by atoms with Crippen LogP contribution < -0.4 is 10.6 Å². The molecular formula is C23H26F3N3O. The number of hydrogen-bond donors (Lipinski definition) is 2. The summed E-state index contributed by atoms with van der Waals surface area (Å²) < 4.78 is 38.9. The fraction of sp³-hybridized carbons (Fsp3) is 0.435. The number of likely N-dealkylation sites (tertiary alicyclic amines) is 1. The van der Waals surface area contributed by atoms with Gasteiger partial charge in [0.1, 0.15) is 0 Å². The smallest absolute Gasteiger partial charge is 0.358 e. The molecule has 1 saturated heterocycles. The highest BCUT2D eigenvalue weighted by atomic mass is 19.4. The maximum Gasteiger partial charge on any atom is 0.416 e. The van der Waals surface area contributed by atoms with E-state index in [0.717, 1.165) is 18.9 Å². The molecule has 1 amide bonds. The van der Waals surface area contributed by atoms with Crippen LogP contribution >= 0.6 is 0 Å². The van der Waals surface area contributed by atoms with Crippen LogP contribution in [0.3, 0.4) is 0 Å². The quantitative estimate of drug-likeness (QED) is 0.786. The zero-order valence-electron chi connectivity index (χ0n) is 16.9. The van der Waals surface area contributed by atoms with Crippen LogP contribution in [-0.4, -0.2) is 42.5 Å². The van der Waals surface area contributed by atoms with Crippen LogP contribution in [0.5, 0.6) is 0 Å². The average Bonchev–Trinajstić information content (AvgIpc) is 3.35. The predicted octanol–water partition coefficient (Wildman–Crippen LogP) is 3.15. The molecule has 2 aliphatic rings. The van der Waals surface area contributed by atoms with Gasteiger partial charge in [0.15, 0.2) is 0 Å². The van der Waals surface area contributed by atoms with E-state index in [9.17, 15) is 18.0 Å². The Bertz CT molecular complexity index is 890. The van der Waals surface area contributed by atoms with E-state index in [4.69, 9.17) is 0 Å². The van der Waals surface area contributed by atoms with Gasteiger partial charge in [-0.15, -0.1) is 0 Å². The molecule has 7 heteroatoms. The Balaban J connectivity index is 1.43. The van der Waals surface area contributed by atoms with E-state index in [1.807, 2.05) is 12.1 Å². The van der Waals surface area contributed by atoms with Gasteiger partial charge in [0, 0.05) is 32.2 Å². The lowest BCUT2D eigenvalue weighted by Gasteiger charge is -2.29. The first kappa shape index (κ1) is 20.9. The van der Waals surface area contributed by atoms with Crippen molar-refractivity contribution >= 4 is 5.91 Å². The van der Waals surface area contributed by atoms with Gasteiger partial charge >= 0.3 is 6.18 Å². The molecule has 2 aromatic rings. The Morgan fingerprint density at radius 2 is 1.80 bits per heavy atom. The summed E-state index contributed by atoms with van der Waals surface area (Å²) in [5.41, 5.74) is 2.62. The summed E-state index contributed by atoms with van der Waals surface area (Å²) in [6, 6.07) is 13.9. The Morgan fingerprint density at radius 1 is 1.10 bits per heavy atom. The van der Waals surface area contributed by atoms with E-state index >= 15 is 0 Å². The fourth-order valence-electron chi connectivity index (χ4n) is 4.73. The zero-order valence-corrected chi connectivity index (χ0v) is 16.9. The maximum atomic E-state index is 13.0. The molecule has 0 bridgehead atoms. The van der Waals surface area contributed by atoms with Gasteiger partial charge in [-0.05, 0) is 42.0 Å². The largest absolute Gasteiger partial charge is 0.416 e. The Hall–Kier alpha value is -2.38. The molecule has 2 aromatic carbocycles. The predicted molar refractivity (Wildman–Crippen MR) is 109 cm³/mol. The second-order valence-corrected chi connectivity index (χ2v) is 8.17. The average molecular weight is 417 g/mol. The van der Waals surface area contributed by atoms with Crippen LogP contribution in [0, 0.1) is 0 Å². The molecule has 4 rings (SSSR count). The molecule has 2 N–H and O–H groups in total. The third kappa shape index (κ3) is 4.37. The third-order valence-corrected chi connectivity index (χ3v) is 6.24. The molecule has 0 saturated carbocycles. The van der Waals surface area contributed by atoms with Crippen molar-refractivity contribution in [1.82, 2.24) is 15.5 Å². The van der Waals surface area contributed by atoms with E-state index in [2.05, 4.69) is 27.7 Å². The van der Waals surface area contributed by atoms with Gasteiger partial charge in [-0.25, -0.2) is 0 Å². The first-order chi connectivity index (χ1) is 14.3. The summed E-state index contributed by atoms with van der Waals surface area (Å²) in [4.78, 5) is 14.8. The number of rotatable bonds is 5. The van der Waals surface area contributed by atoms with E-state index in [1.54, 1.807) is 13.1 Å². The van der Waals surface area contributed by atoms with Gasteiger partial charge in [-0.2, -0.15) is 13.2 Å². The van der Waals surface area contributed by atoms with Gasteiger partial charge in [-0.1, -0.05) is 42.5 Å². The molecule has 1 heterocycles. The van der Waals surface area contributed by atoms with E-state index in [1.165, 1.54) is 23.3 Å². The molecule has 2 atom stereocenters. The summed E-state index contributed by atoms with van der Waals surface area (Å²) in [5, 5.41) is 6.14. The molecular weight excluding hydrogens is 391 g/mol. The molecule has 0 unspecified atom stereocenters. The second-order valence-electron chi connectivity index (χ2n) is 8.17. The standard InChI is InChI=1S/C23H26F3N3O/c1-27-22(30)21-12-19(28-13-15-5-4-8-18(9-15)23(24,25)26)14-29(21)20-10-16-6-2-3-7-17(16)11-20/h2-9,19-21,28H,10-14H2,1H3,(H,27,30)/t19-,21+/m1/s1. The van der Waals surface area contributed by atoms with Gasteiger partial charge in [-0.3, -0.25) is 9.69 Å². The highest BCUT2D eigenvalue weighted by molar-refractivity contribution is 5.82. The fourth-order valence-corrected chi connectivity index (χ4v) is 4.73. The Kier molecular flexibility index (Phi) is 5.84. The maximum absolute atomic E-state index is 13.0.